The van der Waals surface area contributed by atoms with Crippen LogP contribution in [-0.4, -0.2) is 5.91 Å². The number of carbonyl (C=O) groups excluding carboxylic acids is 1. The average Bonchev–Trinajstić information content (AvgIpc) is 2.68. The van der Waals surface area contributed by atoms with E-state index in [1.54, 1.807) is 23.6 Å². The van der Waals surface area contributed by atoms with Crippen molar-refractivity contribution in [2.45, 2.75) is 0 Å². The largest absolute Gasteiger partial charge is 0.320 e. The standard InChI is InChI=1S/C11H6Cl2INOS/c12-7-3-4-17-10(7)11(16)15-9-2-1-6(14)5-8(9)13/h1-5H,(H,15,16). The summed E-state index contributed by atoms with van der Waals surface area (Å²) < 4.78 is 1.01. The van der Waals surface area contributed by atoms with E-state index in [9.17, 15) is 4.79 Å². The number of benzene rings is 1. The van der Waals surface area contributed by atoms with E-state index < -0.39 is 0 Å². The Kier molecular flexibility index (Phi) is 4.30. The van der Waals surface area contributed by atoms with E-state index in [2.05, 4.69) is 27.9 Å². The van der Waals surface area contributed by atoms with Crippen molar-refractivity contribution in [2.24, 2.45) is 0 Å². The second-order valence-electron chi connectivity index (χ2n) is 3.18. The van der Waals surface area contributed by atoms with Crippen molar-refractivity contribution < 1.29 is 4.79 Å². The highest BCUT2D eigenvalue weighted by Gasteiger charge is 2.13. The Balaban J connectivity index is 2.22. The number of hydrogen-bond acceptors (Lipinski definition) is 2. The lowest BCUT2D eigenvalue weighted by molar-refractivity contribution is 0.103. The number of anilines is 1. The van der Waals surface area contributed by atoms with Gasteiger partial charge in [-0.1, -0.05) is 23.2 Å². The number of amides is 1. The van der Waals surface area contributed by atoms with Crippen LogP contribution in [0.15, 0.2) is 29.6 Å². The van der Waals surface area contributed by atoms with E-state index in [0.717, 1.165) is 3.57 Å². The van der Waals surface area contributed by atoms with Gasteiger partial charge in [0.05, 0.1) is 15.7 Å². The SMILES string of the molecule is O=C(Nc1ccc(I)cc1Cl)c1sccc1Cl. The summed E-state index contributed by atoms with van der Waals surface area (Å²) in [6.45, 7) is 0. The number of hydrogen-bond donors (Lipinski definition) is 1. The van der Waals surface area contributed by atoms with Crippen molar-refractivity contribution in [1.82, 2.24) is 0 Å². The molecule has 0 spiro atoms. The average molecular weight is 398 g/mol. The topological polar surface area (TPSA) is 29.1 Å². The highest BCUT2D eigenvalue weighted by molar-refractivity contribution is 14.1. The normalized spacial score (nSPS) is 10.3. The number of nitrogens with one attached hydrogen (secondary N) is 1. The van der Waals surface area contributed by atoms with Crippen LogP contribution in [0.1, 0.15) is 9.67 Å². The Bertz CT molecular complexity index is 570. The van der Waals surface area contributed by atoms with Gasteiger partial charge in [-0.2, -0.15) is 0 Å². The van der Waals surface area contributed by atoms with E-state index in [1.807, 2.05) is 6.07 Å². The summed E-state index contributed by atoms with van der Waals surface area (Å²) in [7, 11) is 0. The zero-order valence-electron chi connectivity index (χ0n) is 8.34. The zero-order valence-corrected chi connectivity index (χ0v) is 12.8. The van der Waals surface area contributed by atoms with Crippen LogP contribution in [0.3, 0.4) is 0 Å². The molecular weight excluding hydrogens is 392 g/mol. The molecule has 2 nitrogen and oxygen atoms in total. The van der Waals surface area contributed by atoms with Gasteiger partial charge in [0.15, 0.2) is 0 Å². The fourth-order valence-electron chi connectivity index (χ4n) is 1.23. The molecule has 1 aromatic heterocycles. The number of rotatable bonds is 2. The number of thiophene rings is 1. The third kappa shape index (κ3) is 3.13. The number of halogens is 3. The Morgan fingerprint density at radius 1 is 1.24 bits per heavy atom. The minimum Gasteiger partial charge on any atom is -0.320 e. The lowest BCUT2D eigenvalue weighted by Crippen LogP contribution is -2.10. The maximum Gasteiger partial charge on any atom is 0.267 e. The summed E-state index contributed by atoms with van der Waals surface area (Å²) in [6, 6.07) is 7.12. The maximum absolute atomic E-state index is 11.9. The van der Waals surface area contributed by atoms with E-state index in [0.29, 0.717) is 20.6 Å². The van der Waals surface area contributed by atoms with E-state index in [1.165, 1.54) is 11.3 Å². The van der Waals surface area contributed by atoms with Crippen LogP contribution in [0, 0.1) is 3.57 Å². The van der Waals surface area contributed by atoms with Crippen molar-refractivity contribution in [3.8, 4) is 0 Å². The molecule has 1 heterocycles. The molecule has 0 radical (unpaired) electrons. The Morgan fingerprint density at radius 2 is 2.00 bits per heavy atom. The van der Waals surface area contributed by atoms with Gasteiger partial charge >= 0.3 is 0 Å². The Morgan fingerprint density at radius 3 is 2.59 bits per heavy atom. The summed E-state index contributed by atoms with van der Waals surface area (Å²) in [5.74, 6) is -0.242. The van der Waals surface area contributed by atoms with Gasteiger partial charge in [-0.15, -0.1) is 11.3 Å². The molecular formula is C11H6Cl2INOS. The van der Waals surface area contributed by atoms with Gasteiger partial charge in [0.2, 0.25) is 0 Å². The van der Waals surface area contributed by atoms with Gasteiger partial charge in [0, 0.05) is 3.57 Å². The van der Waals surface area contributed by atoms with Crippen molar-refractivity contribution >= 4 is 68.7 Å². The molecule has 1 N–H and O–H groups in total. The quantitative estimate of drug-likeness (QED) is 0.716. The van der Waals surface area contributed by atoms with Crippen LogP contribution in [0.25, 0.3) is 0 Å². The van der Waals surface area contributed by atoms with Crippen LogP contribution >= 0.6 is 57.1 Å². The Hall–Kier alpha value is -0.300. The summed E-state index contributed by atoms with van der Waals surface area (Å²) in [6.07, 6.45) is 0. The highest BCUT2D eigenvalue weighted by Crippen LogP contribution is 2.27. The molecule has 1 amide bonds. The first kappa shape index (κ1) is 13.1. The molecule has 6 heteroatoms. The van der Waals surface area contributed by atoms with Gasteiger partial charge in [-0.25, -0.2) is 0 Å². The molecule has 0 bridgehead atoms. The first-order chi connectivity index (χ1) is 8.08. The van der Waals surface area contributed by atoms with Crippen LogP contribution in [-0.2, 0) is 0 Å². The fraction of sp³-hybridized carbons (Fsp3) is 0. The van der Waals surface area contributed by atoms with E-state index >= 15 is 0 Å². The number of carbonyl (C=O) groups is 1. The molecule has 2 aromatic rings. The molecule has 1 aromatic carbocycles. The molecule has 0 aliphatic carbocycles. The van der Waals surface area contributed by atoms with E-state index in [-0.39, 0.29) is 5.91 Å². The molecule has 2 rings (SSSR count). The van der Waals surface area contributed by atoms with Crippen molar-refractivity contribution in [3.63, 3.8) is 0 Å². The van der Waals surface area contributed by atoms with Crippen LogP contribution in [0.4, 0.5) is 5.69 Å². The minimum atomic E-state index is -0.242. The molecule has 0 saturated heterocycles. The molecule has 0 fully saturated rings. The van der Waals surface area contributed by atoms with Crippen molar-refractivity contribution in [2.75, 3.05) is 5.32 Å². The van der Waals surface area contributed by atoms with Gasteiger partial charge in [0.25, 0.3) is 5.91 Å². The van der Waals surface area contributed by atoms with Crippen LogP contribution < -0.4 is 5.32 Å². The van der Waals surface area contributed by atoms with Gasteiger partial charge in [-0.05, 0) is 52.2 Å². The lowest BCUT2D eigenvalue weighted by atomic mass is 10.3. The molecule has 88 valence electrons. The van der Waals surface area contributed by atoms with Crippen LogP contribution in [0.5, 0.6) is 0 Å². The molecule has 0 unspecified atom stereocenters. The second kappa shape index (κ2) is 5.56. The monoisotopic (exact) mass is 397 g/mol. The van der Waals surface area contributed by atoms with Crippen LogP contribution in [0.2, 0.25) is 10.0 Å². The summed E-state index contributed by atoms with van der Waals surface area (Å²) in [4.78, 5) is 12.4. The first-order valence-electron chi connectivity index (χ1n) is 4.57. The smallest absolute Gasteiger partial charge is 0.267 e. The molecule has 0 aliphatic rings. The van der Waals surface area contributed by atoms with Gasteiger partial charge in [0.1, 0.15) is 4.88 Å². The molecule has 0 saturated carbocycles. The third-order valence-electron chi connectivity index (χ3n) is 2.00. The lowest BCUT2D eigenvalue weighted by Gasteiger charge is -2.06. The minimum absolute atomic E-state index is 0.242. The molecule has 0 atom stereocenters. The fourth-order valence-corrected chi connectivity index (χ4v) is 3.16. The highest BCUT2D eigenvalue weighted by atomic mass is 127. The van der Waals surface area contributed by atoms with E-state index in [4.69, 9.17) is 23.2 Å². The molecule has 17 heavy (non-hydrogen) atoms. The summed E-state index contributed by atoms with van der Waals surface area (Å²) in [5.41, 5.74) is 0.585. The maximum atomic E-state index is 11.9. The first-order valence-corrected chi connectivity index (χ1v) is 7.29. The van der Waals surface area contributed by atoms with Gasteiger partial charge < -0.3 is 5.32 Å². The molecule has 0 aliphatic heterocycles. The Labute approximate surface area is 126 Å². The zero-order chi connectivity index (χ0) is 12.4. The third-order valence-corrected chi connectivity index (χ3v) is 4.33. The summed E-state index contributed by atoms with van der Waals surface area (Å²) >= 11 is 15.4. The van der Waals surface area contributed by atoms with Crippen molar-refractivity contribution in [3.05, 3.63) is 48.1 Å². The predicted octanol–water partition coefficient (Wildman–Crippen LogP) is 4.91. The predicted molar refractivity (Wildman–Crippen MR) is 81.5 cm³/mol. The second-order valence-corrected chi connectivity index (χ2v) is 6.15. The summed E-state index contributed by atoms with van der Waals surface area (Å²) in [5, 5.41) is 5.47. The van der Waals surface area contributed by atoms with Gasteiger partial charge in [-0.3, -0.25) is 4.79 Å². The van der Waals surface area contributed by atoms with Crippen molar-refractivity contribution in [1.29, 1.82) is 0 Å².